The molecule has 2 N–H and O–H groups in total. The number of anilines is 2. The quantitative estimate of drug-likeness (QED) is 0.390. The van der Waals surface area contributed by atoms with Crippen molar-refractivity contribution in [3.63, 3.8) is 0 Å². The van der Waals surface area contributed by atoms with E-state index in [2.05, 4.69) is 31.5 Å². The zero-order valence-corrected chi connectivity index (χ0v) is 19.2. The van der Waals surface area contributed by atoms with Crippen molar-refractivity contribution >= 4 is 27.9 Å². The van der Waals surface area contributed by atoms with Crippen LogP contribution in [-0.2, 0) is 13.1 Å². The molecule has 6 rings (SSSR count). The van der Waals surface area contributed by atoms with Gasteiger partial charge in [-0.05, 0) is 66.9 Å². The molecule has 0 unspecified atom stereocenters. The van der Waals surface area contributed by atoms with Gasteiger partial charge in [-0.2, -0.15) is 10.2 Å². The van der Waals surface area contributed by atoms with E-state index in [4.69, 9.17) is 0 Å². The Labute approximate surface area is 201 Å². The number of aliphatic hydroxyl groups is 1. The van der Waals surface area contributed by atoms with E-state index < -0.39 is 0 Å². The lowest BCUT2D eigenvalue weighted by molar-refractivity contribution is 0.0670. The number of hydrogen-bond acceptors (Lipinski definition) is 6. The first-order valence-electron chi connectivity index (χ1n) is 11.8. The van der Waals surface area contributed by atoms with Crippen molar-refractivity contribution in [1.82, 2.24) is 29.3 Å². The average molecular weight is 472 g/mol. The van der Waals surface area contributed by atoms with Gasteiger partial charge in [-0.25, -0.2) is 13.9 Å². The molecule has 2 aromatic carbocycles. The number of halogens is 1. The molecule has 1 aliphatic rings. The summed E-state index contributed by atoms with van der Waals surface area (Å²) < 4.78 is 17.3. The third kappa shape index (κ3) is 4.48. The summed E-state index contributed by atoms with van der Waals surface area (Å²) in [6.07, 6.45) is 6.91. The Balaban J connectivity index is 1.26. The van der Waals surface area contributed by atoms with Crippen molar-refractivity contribution in [3.05, 3.63) is 84.2 Å². The maximum atomic E-state index is 13.6. The summed E-state index contributed by atoms with van der Waals surface area (Å²) in [6.45, 7) is 2.89. The molecule has 0 aliphatic carbocycles. The Morgan fingerprint density at radius 1 is 1.09 bits per heavy atom. The van der Waals surface area contributed by atoms with Crippen LogP contribution in [0.15, 0.2) is 67.3 Å². The fourth-order valence-corrected chi connectivity index (χ4v) is 4.89. The van der Waals surface area contributed by atoms with Crippen LogP contribution in [0.25, 0.3) is 16.4 Å². The van der Waals surface area contributed by atoms with Gasteiger partial charge in [0.05, 0.1) is 24.4 Å². The number of nitrogens with zero attached hydrogens (tertiary/aromatic N) is 6. The molecule has 0 amide bonds. The summed E-state index contributed by atoms with van der Waals surface area (Å²) in [5.74, 6) is 0.479. The van der Waals surface area contributed by atoms with Crippen LogP contribution in [0, 0.1) is 5.82 Å². The number of β-amino-alcohol motifs (C(OH)–C–C–N with tert-alkyl or cyclic N) is 1. The van der Waals surface area contributed by atoms with E-state index in [1.165, 1.54) is 12.1 Å². The van der Waals surface area contributed by atoms with Crippen molar-refractivity contribution in [2.45, 2.75) is 32.0 Å². The van der Waals surface area contributed by atoms with Crippen LogP contribution < -0.4 is 5.32 Å². The molecule has 5 aromatic rings. The van der Waals surface area contributed by atoms with Crippen LogP contribution in [0.1, 0.15) is 24.0 Å². The maximum absolute atomic E-state index is 13.6. The van der Waals surface area contributed by atoms with E-state index in [1.54, 1.807) is 12.4 Å². The number of likely N-dealkylation sites (tertiary alicyclic amines) is 1. The highest BCUT2D eigenvalue weighted by molar-refractivity contribution is 5.85. The van der Waals surface area contributed by atoms with Crippen LogP contribution in [0.5, 0.6) is 0 Å². The highest BCUT2D eigenvalue weighted by Crippen LogP contribution is 2.27. The van der Waals surface area contributed by atoms with E-state index in [9.17, 15) is 9.50 Å². The van der Waals surface area contributed by atoms with E-state index in [0.29, 0.717) is 13.1 Å². The minimum Gasteiger partial charge on any atom is -0.392 e. The highest BCUT2D eigenvalue weighted by atomic mass is 19.1. The van der Waals surface area contributed by atoms with Crippen molar-refractivity contribution < 1.29 is 9.50 Å². The molecule has 178 valence electrons. The molecule has 1 fully saturated rings. The fourth-order valence-electron chi connectivity index (χ4n) is 4.89. The lowest BCUT2D eigenvalue weighted by Gasteiger charge is -2.29. The first-order chi connectivity index (χ1) is 17.1. The summed E-state index contributed by atoms with van der Waals surface area (Å²) in [5, 5.41) is 23.4. The normalized spacial score (nSPS) is 16.8. The SMILES string of the molecule is O[C@@H]1CCCN(Cc2ccn3ncnc(Nc4ccc5c(cnn5Cc5cccc(F)c5)c4)c23)C1. The van der Waals surface area contributed by atoms with Crippen molar-refractivity contribution in [3.8, 4) is 0 Å². The second-order valence-electron chi connectivity index (χ2n) is 9.10. The van der Waals surface area contributed by atoms with Crippen molar-refractivity contribution in [1.29, 1.82) is 0 Å². The molecule has 9 heteroatoms. The molecular formula is C26H26FN7O. The maximum Gasteiger partial charge on any atom is 0.158 e. The smallest absolute Gasteiger partial charge is 0.158 e. The van der Waals surface area contributed by atoms with Crippen LogP contribution in [0.2, 0.25) is 0 Å². The van der Waals surface area contributed by atoms with Gasteiger partial charge in [0.2, 0.25) is 0 Å². The molecule has 1 saturated heterocycles. The average Bonchev–Trinajstić information content (AvgIpc) is 3.44. The Kier molecular flexibility index (Phi) is 5.63. The fraction of sp³-hybridized carbons (Fsp3) is 0.269. The lowest BCUT2D eigenvalue weighted by atomic mass is 10.1. The number of aliphatic hydroxyl groups excluding tert-OH is 1. The third-order valence-electron chi connectivity index (χ3n) is 6.54. The van der Waals surface area contributed by atoms with Gasteiger partial charge in [0.25, 0.3) is 0 Å². The number of nitrogens with one attached hydrogen (secondary N) is 1. The van der Waals surface area contributed by atoms with Gasteiger partial charge in [0, 0.05) is 30.4 Å². The van der Waals surface area contributed by atoms with E-state index in [-0.39, 0.29) is 11.9 Å². The van der Waals surface area contributed by atoms with E-state index in [1.807, 2.05) is 45.9 Å². The van der Waals surface area contributed by atoms with Gasteiger partial charge in [-0.3, -0.25) is 9.58 Å². The molecule has 4 heterocycles. The van der Waals surface area contributed by atoms with Gasteiger partial charge in [-0.15, -0.1) is 0 Å². The number of piperidine rings is 1. The minimum atomic E-state index is -0.264. The molecule has 1 atom stereocenters. The van der Waals surface area contributed by atoms with Crippen molar-refractivity contribution in [2.24, 2.45) is 0 Å². The largest absolute Gasteiger partial charge is 0.392 e. The second kappa shape index (κ2) is 9.09. The summed E-state index contributed by atoms with van der Waals surface area (Å²) in [4.78, 5) is 6.80. The Morgan fingerprint density at radius 3 is 2.91 bits per heavy atom. The summed E-state index contributed by atoms with van der Waals surface area (Å²) in [6, 6.07) is 14.7. The zero-order valence-electron chi connectivity index (χ0n) is 19.2. The summed E-state index contributed by atoms with van der Waals surface area (Å²) in [5.41, 5.74) is 4.77. The number of rotatable bonds is 6. The minimum absolute atomic E-state index is 0.247. The third-order valence-corrected chi connectivity index (χ3v) is 6.54. The van der Waals surface area contributed by atoms with Gasteiger partial charge in [0.1, 0.15) is 17.7 Å². The molecular weight excluding hydrogens is 445 g/mol. The molecule has 35 heavy (non-hydrogen) atoms. The van der Waals surface area contributed by atoms with E-state index >= 15 is 0 Å². The molecule has 8 nitrogen and oxygen atoms in total. The van der Waals surface area contributed by atoms with Gasteiger partial charge < -0.3 is 10.4 Å². The van der Waals surface area contributed by atoms with Crippen LogP contribution in [-0.4, -0.2) is 53.6 Å². The van der Waals surface area contributed by atoms with E-state index in [0.717, 1.165) is 65.0 Å². The lowest BCUT2D eigenvalue weighted by Crippen LogP contribution is -2.37. The van der Waals surface area contributed by atoms with Crippen LogP contribution in [0.4, 0.5) is 15.9 Å². The Hall–Kier alpha value is -3.82. The number of aromatic nitrogens is 5. The van der Waals surface area contributed by atoms with Gasteiger partial charge >= 0.3 is 0 Å². The molecule has 0 bridgehead atoms. The molecule has 0 spiro atoms. The molecule has 1 aliphatic heterocycles. The molecule has 0 saturated carbocycles. The van der Waals surface area contributed by atoms with Gasteiger partial charge in [0.15, 0.2) is 5.82 Å². The Bertz CT molecular complexity index is 1490. The second-order valence-corrected chi connectivity index (χ2v) is 9.10. The summed E-state index contributed by atoms with van der Waals surface area (Å²) >= 11 is 0. The molecule has 0 radical (unpaired) electrons. The van der Waals surface area contributed by atoms with Gasteiger partial charge in [-0.1, -0.05) is 12.1 Å². The molecule has 3 aromatic heterocycles. The van der Waals surface area contributed by atoms with Crippen LogP contribution in [0.3, 0.4) is 0 Å². The Morgan fingerprint density at radius 2 is 2.03 bits per heavy atom. The monoisotopic (exact) mass is 471 g/mol. The standard InChI is InChI=1S/C26H26FN7O/c27-21-4-1-3-18(11-21)14-34-24-7-6-22(12-20(24)13-29-34)31-26-25-19(8-10-33(25)30-17-28-26)15-32-9-2-5-23(35)16-32/h1,3-4,6-8,10-13,17,23,35H,2,5,9,14-16H2,(H,28,30,31)/t23-/m1/s1. The highest BCUT2D eigenvalue weighted by Gasteiger charge is 2.20. The first-order valence-corrected chi connectivity index (χ1v) is 11.8. The van der Waals surface area contributed by atoms with Crippen LogP contribution >= 0.6 is 0 Å². The van der Waals surface area contributed by atoms with Crippen molar-refractivity contribution in [2.75, 3.05) is 18.4 Å². The summed E-state index contributed by atoms with van der Waals surface area (Å²) in [7, 11) is 0. The number of benzene rings is 2. The topological polar surface area (TPSA) is 83.5 Å². The number of fused-ring (bicyclic) bond motifs is 2. The first kappa shape index (κ1) is 21.7. The number of hydrogen-bond donors (Lipinski definition) is 2. The predicted octanol–water partition coefficient (Wildman–Crippen LogP) is 3.97. The predicted molar refractivity (Wildman–Crippen MR) is 132 cm³/mol. The zero-order chi connectivity index (χ0) is 23.8.